The summed E-state index contributed by atoms with van der Waals surface area (Å²) in [5.74, 6) is 6.23. The van der Waals surface area contributed by atoms with Crippen LogP contribution in [-0.4, -0.2) is 4.98 Å². The van der Waals surface area contributed by atoms with Crippen LogP contribution < -0.4 is 27.5 Å². The standard InChI is InChI=1S/C12H14ClN5O/c13-8-4-2-1-3-7(8)6-19-9-5-10(14)17-12(18-16)11(9)15/h1-5H,6,15-16H2,(H3,14,17,18). The fourth-order valence-corrected chi connectivity index (χ4v) is 1.74. The minimum Gasteiger partial charge on any atom is -0.486 e. The number of hydrogen-bond donors (Lipinski definition) is 4. The van der Waals surface area contributed by atoms with Crippen molar-refractivity contribution in [3.63, 3.8) is 0 Å². The fraction of sp³-hybridized carbons (Fsp3) is 0.0833. The van der Waals surface area contributed by atoms with Crippen molar-refractivity contribution in [2.45, 2.75) is 6.61 Å². The highest BCUT2D eigenvalue weighted by molar-refractivity contribution is 6.31. The Morgan fingerprint density at radius 2 is 2.00 bits per heavy atom. The minimum absolute atomic E-state index is 0.260. The van der Waals surface area contributed by atoms with Crippen LogP contribution in [0.2, 0.25) is 5.02 Å². The molecule has 0 aliphatic carbocycles. The average molecular weight is 280 g/mol. The van der Waals surface area contributed by atoms with E-state index in [1.807, 2.05) is 18.2 Å². The number of nitrogens with one attached hydrogen (secondary N) is 1. The number of nitrogen functional groups attached to an aromatic ring is 3. The number of benzene rings is 1. The van der Waals surface area contributed by atoms with Crippen LogP contribution >= 0.6 is 11.6 Å². The van der Waals surface area contributed by atoms with Crippen LogP contribution in [0.1, 0.15) is 5.56 Å². The number of anilines is 3. The molecule has 0 bridgehead atoms. The van der Waals surface area contributed by atoms with Gasteiger partial charge in [-0.2, -0.15) is 0 Å². The Bertz CT molecular complexity index is 590. The van der Waals surface area contributed by atoms with Gasteiger partial charge in [0.1, 0.15) is 23.9 Å². The second kappa shape index (κ2) is 5.64. The normalized spacial score (nSPS) is 10.2. The molecule has 7 heteroatoms. The molecule has 0 unspecified atom stereocenters. The van der Waals surface area contributed by atoms with E-state index in [0.29, 0.717) is 16.5 Å². The van der Waals surface area contributed by atoms with Gasteiger partial charge in [0.2, 0.25) is 0 Å². The van der Waals surface area contributed by atoms with Crippen molar-refractivity contribution in [3.8, 4) is 5.75 Å². The van der Waals surface area contributed by atoms with E-state index in [1.54, 1.807) is 6.07 Å². The monoisotopic (exact) mass is 279 g/mol. The van der Waals surface area contributed by atoms with Gasteiger partial charge >= 0.3 is 0 Å². The number of nitrogens with two attached hydrogens (primary N) is 3. The number of halogens is 1. The molecule has 0 amide bonds. The molecular formula is C12H14ClN5O. The van der Waals surface area contributed by atoms with E-state index >= 15 is 0 Å². The van der Waals surface area contributed by atoms with Crippen molar-refractivity contribution < 1.29 is 4.74 Å². The minimum atomic E-state index is 0.260. The lowest BCUT2D eigenvalue weighted by atomic mass is 10.2. The first kappa shape index (κ1) is 13.3. The first-order valence-corrected chi connectivity index (χ1v) is 5.88. The molecule has 1 aromatic carbocycles. The zero-order chi connectivity index (χ0) is 13.8. The molecule has 0 atom stereocenters. The lowest BCUT2D eigenvalue weighted by Crippen LogP contribution is -2.13. The summed E-state index contributed by atoms with van der Waals surface area (Å²) in [7, 11) is 0. The number of nitrogens with zero attached hydrogens (tertiary/aromatic N) is 1. The number of ether oxygens (including phenoxy) is 1. The zero-order valence-corrected chi connectivity index (χ0v) is 10.8. The summed E-state index contributed by atoms with van der Waals surface area (Å²) < 4.78 is 5.60. The second-order valence-corrected chi connectivity index (χ2v) is 4.24. The average Bonchev–Trinajstić information content (AvgIpc) is 2.41. The quantitative estimate of drug-likeness (QED) is 0.501. The van der Waals surface area contributed by atoms with E-state index in [0.717, 1.165) is 5.56 Å². The lowest BCUT2D eigenvalue weighted by Gasteiger charge is -2.13. The number of rotatable bonds is 4. The SMILES string of the molecule is NNc1nc(N)cc(OCc2ccccc2Cl)c1N. The predicted molar refractivity (Wildman–Crippen MR) is 76.7 cm³/mol. The van der Waals surface area contributed by atoms with Crippen LogP contribution in [0.3, 0.4) is 0 Å². The molecule has 0 radical (unpaired) electrons. The van der Waals surface area contributed by atoms with E-state index in [1.165, 1.54) is 6.07 Å². The first-order chi connectivity index (χ1) is 9.11. The molecule has 6 nitrogen and oxygen atoms in total. The molecule has 0 aliphatic rings. The molecule has 7 N–H and O–H groups in total. The van der Waals surface area contributed by atoms with Gasteiger partial charge in [0.05, 0.1) is 0 Å². The Balaban J connectivity index is 2.20. The van der Waals surface area contributed by atoms with Crippen LogP contribution in [0.5, 0.6) is 5.75 Å². The van der Waals surface area contributed by atoms with Crippen molar-refractivity contribution in [3.05, 3.63) is 40.9 Å². The highest BCUT2D eigenvalue weighted by Gasteiger charge is 2.10. The number of hydrazine groups is 1. The maximum absolute atomic E-state index is 6.04. The zero-order valence-electron chi connectivity index (χ0n) is 10.1. The van der Waals surface area contributed by atoms with Crippen molar-refractivity contribution >= 4 is 28.9 Å². The maximum atomic E-state index is 6.04. The van der Waals surface area contributed by atoms with Gasteiger partial charge in [0.15, 0.2) is 5.82 Å². The maximum Gasteiger partial charge on any atom is 0.169 e. The molecule has 0 spiro atoms. The van der Waals surface area contributed by atoms with Crippen molar-refractivity contribution in [2.75, 3.05) is 16.9 Å². The van der Waals surface area contributed by atoms with Gasteiger partial charge in [0.25, 0.3) is 0 Å². The van der Waals surface area contributed by atoms with Crippen LogP contribution in [0.25, 0.3) is 0 Å². The smallest absolute Gasteiger partial charge is 0.169 e. The summed E-state index contributed by atoms with van der Waals surface area (Å²) in [5, 5.41) is 0.625. The Morgan fingerprint density at radius 3 is 2.68 bits per heavy atom. The van der Waals surface area contributed by atoms with E-state index in [-0.39, 0.29) is 18.2 Å². The molecule has 0 saturated heterocycles. The largest absolute Gasteiger partial charge is 0.486 e. The number of pyridine rings is 1. The van der Waals surface area contributed by atoms with Gasteiger partial charge in [0, 0.05) is 16.7 Å². The molecule has 100 valence electrons. The molecule has 2 aromatic rings. The van der Waals surface area contributed by atoms with Crippen molar-refractivity contribution in [1.82, 2.24) is 4.98 Å². The predicted octanol–water partition coefficient (Wildman–Crippen LogP) is 1.76. The van der Waals surface area contributed by atoms with Crippen LogP contribution in [0.4, 0.5) is 17.3 Å². The van der Waals surface area contributed by atoms with Gasteiger partial charge in [-0.15, -0.1) is 0 Å². The summed E-state index contributed by atoms with van der Waals surface area (Å²) in [6.07, 6.45) is 0. The summed E-state index contributed by atoms with van der Waals surface area (Å²) in [5.41, 5.74) is 15.0. The second-order valence-electron chi connectivity index (χ2n) is 3.83. The van der Waals surface area contributed by atoms with Gasteiger partial charge in [-0.1, -0.05) is 29.8 Å². The lowest BCUT2D eigenvalue weighted by molar-refractivity contribution is 0.308. The van der Waals surface area contributed by atoms with Crippen LogP contribution in [0, 0.1) is 0 Å². The van der Waals surface area contributed by atoms with E-state index < -0.39 is 0 Å². The molecule has 19 heavy (non-hydrogen) atoms. The van der Waals surface area contributed by atoms with Gasteiger partial charge in [-0.3, -0.25) is 0 Å². The number of hydrogen-bond acceptors (Lipinski definition) is 6. The van der Waals surface area contributed by atoms with Crippen molar-refractivity contribution in [2.24, 2.45) is 5.84 Å². The van der Waals surface area contributed by atoms with E-state index in [2.05, 4.69) is 10.4 Å². The third-order valence-corrected chi connectivity index (χ3v) is 2.89. The highest BCUT2D eigenvalue weighted by atomic mass is 35.5. The molecule has 2 rings (SSSR count). The van der Waals surface area contributed by atoms with Gasteiger partial charge < -0.3 is 21.6 Å². The third-order valence-electron chi connectivity index (χ3n) is 2.52. The fourth-order valence-electron chi connectivity index (χ4n) is 1.55. The van der Waals surface area contributed by atoms with E-state index in [9.17, 15) is 0 Å². The first-order valence-electron chi connectivity index (χ1n) is 5.50. The summed E-state index contributed by atoms with van der Waals surface area (Å²) in [6.45, 7) is 0.275. The van der Waals surface area contributed by atoms with Crippen LogP contribution in [0.15, 0.2) is 30.3 Å². The Morgan fingerprint density at radius 1 is 1.26 bits per heavy atom. The molecular weight excluding hydrogens is 266 g/mol. The molecule has 0 aliphatic heterocycles. The summed E-state index contributed by atoms with van der Waals surface area (Å²) in [6, 6.07) is 8.92. The Labute approximate surface area is 115 Å². The topological polar surface area (TPSA) is 112 Å². The molecule has 1 aromatic heterocycles. The molecule has 0 fully saturated rings. The Kier molecular flexibility index (Phi) is 3.94. The van der Waals surface area contributed by atoms with Gasteiger partial charge in [-0.05, 0) is 6.07 Å². The summed E-state index contributed by atoms with van der Waals surface area (Å²) >= 11 is 6.04. The Hall–Kier alpha value is -2.18. The van der Waals surface area contributed by atoms with Crippen LogP contribution in [-0.2, 0) is 6.61 Å². The molecule has 0 saturated carbocycles. The van der Waals surface area contributed by atoms with E-state index in [4.69, 9.17) is 33.6 Å². The van der Waals surface area contributed by atoms with Crippen molar-refractivity contribution in [1.29, 1.82) is 0 Å². The molecule has 1 heterocycles. The summed E-state index contributed by atoms with van der Waals surface area (Å²) in [4.78, 5) is 3.94. The third kappa shape index (κ3) is 2.98. The number of aromatic nitrogens is 1. The van der Waals surface area contributed by atoms with Gasteiger partial charge in [-0.25, -0.2) is 10.8 Å². The highest BCUT2D eigenvalue weighted by Crippen LogP contribution is 2.30.